The maximum Gasteiger partial charge on any atom is 0.220 e. The van der Waals surface area contributed by atoms with Crippen LogP contribution in [0.15, 0.2) is 18.2 Å². The fraction of sp³-hybridized carbons (Fsp3) is 0.562. The van der Waals surface area contributed by atoms with Gasteiger partial charge in [-0.2, -0.15) is 0 Å². The summed E-state index contributed by atoms with van der Waals surface area (Å²) in [5.41, 5.74) is 1.18. The first kappa shape index (κ1) is 19.6. The van der Waals surface area contributed by atoms with Crippen molar-refractivity contribution in [1.29, 1.82) is 0 Å². The Morgan fingerprint density at radius 3 is 2.64 bits per heavy atom. The second-order valence-corrected chi connectivity index (χ2v) is 6.92. The second-order valence-electron chi connectivity index (χ2n) is 6.07. The standard InChI is InChI=1S/C16H22Cl2N2O.ClH/c1-16(6-8-19-9-7-16)11-20-15(21)5-3-12-2-4-13(17)10-14(12)18;/h2,4,10,19H,3,5-9,11H2,1H3,(H,20,21);1H. The van der Waals surface area contributed by atoms with Gasteiger partial charge in [0, 0.05) is 23.0 Å². The van der Waals surface area contributed by atoms with Crippen molar-refractivity contribution in [3.8, 4) is 0 Å². The van der Waals surface area contributed by atoms with Gasteiger partial charge >= 0.3 is 0 Å². The molecular formula is C16H23Cl3N2O. The molecule has 2 N–H and O–H groups in total. The van der Waals surface area contributed by atoms with E-state index in [0.29, 0.717) is 22.9 Å². The average Bonchev–Trinajstić information content (AvgIpc) is 2.45. The van der Waals surface area contributed by atoms with E-state index in [-0.39, 0.29) is 23.7 Å². The lowest BCUT2D eigenvalue weighted by Crippen LogP contribution is -2.42. The molecule has 1 amide bonds. The summed E-state index contributed by atoms with van der Waals surface area (Å²) < 4.78 is 0. The lowest BCUT2D eigenvalue weighted by Gasteiger charge is -2.34. The Kier molecular flexibility index (Phi) is 7.98. The average molecular weight is 366 g/mol. The molecule has 1 saturated heterocycles. The van der Waals surface area contributed by atoms with Gasteiger partial charge in [0.15, 0.2) is 0 Å². The van der Waals surface area contributed by atoms with Crippen molar-refractivity contribution in [3.63, 3.8) is 0 Å². The van der Waals surface area contributed by atoms with E-state index < -0.39 is 0 Å². The number of rotatable bonds is 5. The summed E-state index contributed by atoms with van der Waals surface area (Å²) in [5, 5.41) is 7.65. The highest BCUT2D eigenvalue weighted by atomic mass is 35.5. The van der Waals surface area contributed by atoms with E-state index >= 15 is 0 Å². The van der Waals surface area contributed by atoms with Crippen LogP contribution >= 0.6 is 35.6 Å². The SMILES string of the molecule is CC1(CNC(=O)CCc2ccc(Cl)cc2Cl)CCNCC1.Cl. The van der Waals surface area contributed by atoms with Crippen LogP contribution < -0.4 is 10.6 Å². The zero-order chi connectivity index (χ0) is 15.3. The molecule has 3 nitrogen and oxygen atoms in total. The van der Waals surface area contributed by atoms with Crippen molar-refractivity contribution in [3.05, 3.63) is 33.8 Å². The molecule has 124 valence electrons. The Bertz CT molecular complexity index is 502. The zero-order valence-corrected chi connectivity index (χ0v) is 15.1. The topological polar surface area (TPSA) is 41.1 Å². The van der Waals surface area contributed by atoms with Crippen LogP contribution in [0.4, 0.5) is 0 Å². The largest absolute Gasteiger partial charge is 0.356 e. The number of nitrogens with one attached hydrogen (secondary N) is 2. The van der Waals surface area contributed by atoms with Crippen LogP contribution in [0.1, 0.15) is 31.7 Å². The number of benzene rings is 1. The third-order valence-corrected chi connectivity index (χ3v) is 4.75. The summed E-state index contributed by atoms with van der Waals surface area (Å²) in [7, 11) is 0. The van der Waals surface area contributed by atoms with Gasteiger partial charge < -0.3 is 10.6 Å². The van der Waals surface area contributed by atoms with Crippen LogP contribution in [0.25, 0.3) is 0 Å². The van der Waals surface area contributed by atoms with Gasteiger partial charge in [0.05, 0.1) is 0 Å². The number of amides is 1. The van der Waals surface area contributed by atoms with Gasteiger partial charge in [0.1, 0.15) is 0 Å². The number of hydrogen-bond donors (Lipinski definition) is 2. The maximum absolute atomic E-state index is 12.0. The highest BCUT2D eigenvalue weighted by molar-refractivity contribution is 6.35. The van der Waals surface area contributed by atoms with Crippen molar-refractivity contribution in [2.75, 3.05) is 19.6 Å². The number of piperidine rings is 1. The van der Waals surface area contributed by atoms with Gasteiger partial charge in [-0.3, -0.25) is 4.79 Å². The Morgan fingerprint density at radius 1 is 1.32 bits per heavy atom. The van der Waals surface area contributed by atoms with E-state index in [1.807, 2.05) is 6.07 Å². The summed E-state index contributed by atoms with van der Waals surface area (Å²) in [5.74, 6) is 0.0841. The van der Waals surface area contributed by atoms with Gasteiger partial charge in [-0.15, -0.1) is 12.4 Å². The van der Waals surface area contributed by atoms with Crippen LogP contribution in [0.3, 0.4) is 0 Å². The quantitative estimate of drug-likeness (QED) is 0.832. The number of carbonyl (C=O) groups is 1. The van der Waals surface area contributed by atoms with Crippen LogP contribution in [0.5, 0.6) is 0 Å². The van der Waals surface area contributed by atoms with Gasteiger partial charge in [-0.05, 0) is 55.5 Å². The molecule has 2 rings (SSSR count). The Balaban J connectivity index is 0.00000242. The molecule has 1 aliphatic rings. The molecule has 0 aliphatic carbocycles. The Hall–Kier alpha value is -0.480. The van der Waals surface area contributed by atoms with E-state index in [0.717, 1.165) is 38.0 Å². The molecule has 1 aromatic rings. The molecule has 22 heavy (non-hydrogen) atoms. The van der Waals surface area contributed by atoms with Crippen molar-refractivity contribution >= 4 is 41.5 Å². The summed E-state index contributed by atoms with van der Waals surface area (Å²) in [6, 6.07) is 5.40. The van der Waals surface area contributed by atoms with Gasteiger partial charge in [-0.25, -0.2) is 0 Å². The normalized spacial score (nSPS) is 16.7. The molecule has 1 fully saturated rings. The monoisotopic (exact) mass is 364 g/mol. The molecule has 1 heterocycles. The Morgan fingerprint density at radius 2 is 2.00 bits per heavy atom. The van der Waals surface area contributed by atoms with Crippen molar-refractivity contribution < 1.29 is 4.79 Å². The third-order valence-electron chi connectivity index (χ3n) is 4.16. The molecule has 1 aromatic carbocycles. The van der Waals surface area contributed by atoms with Crippen molar-refractivity contribution in [2.24, 2.45) is 5.41 Å². The van der Waals surface area contributed by atoms with Gasteiger partial charge in [0.25, 0.3) is 0 Å². The molecule has 0 saturated carbocycles. The highest BCUT2D eigenvalue weighted by Gasteiger charge is 2.26. The van der Waals surface area contributed by atoms with Crippen LogP contribution in [0, 0.1) is 5.41 Å². The van der Waals surface area contributed by atoms with Crippen molar-refractivity contribution in [1.82, 2.24) is 10.6 Å². The summed E-state index contributed by atoms with van der Waals surface area (Å²) in [4.78, 5) is 12.0. The Labute approximate surface area is 148 Å². The first-order valence-corrected chi connectivity index (χ1v) is 8.15. The molecule has 6 heteroatoms. The second kappa shape index (κ2) is 8.97. The molecular weight excluding hydrogens is 343 g/mol. The molecule has 0 spiro atoms. The highest BCUT2D eigenvalue weighted by Crippen LogP contribution is 2.27. The van der Waals surface area contributed by atoms with E-state index in [9.17, 15) is 4.79 Å². The summed E-state index contributed by atoms with van der Waals surface area (Å²) >= 11 is 12.0. The smallest absolute Gasteiger partial charge is 0.220 e. The van der Waals surface area contributed by atoms with Gasteiger partial charge in [0.2, 0.25) is 5.91 Å². The van der Waals surface area contributed by atoms with Crippen LogP contribution in [-0.2, 0) is 11.2 Å². The summed E-state index contributed by atoms with van der Waals surface area (Å²) in [6.45, 7) is 5.06. The molecule has 0 radical (unpaired) electrons. The molecule has 0 atom stereocenters. The van der Waals surface area contributed by atoms with Crippen molar-refractivity contribution in [2.45, 2.75) is 32.6 Å². The first-order valence-electron chi connectivity index (χ1n) is 7.40. The number of hydrogen-bond acceptors (Lipinski definition) is 2. The molecule has 0 aromatic heterocycles. The zero-order valence-electron chi connectivity index (χ0n) is 12.8. The van der Waals surface area contributed by atoms with Crippen LogP contribution in [0.2, 0.25) is 10.0 Å². The minimum absolute atomic E-state index is 0. The molecule has 1 aliphatic heterocycles. The minimum Gasteiger partial charge on any atom is -0.356 e. The predicted octanol–water partition coefficient (Wildman–Crippen LogP) is 3.85. The predicted molar refractivity (Wildman–Crippen MR) is 95.3 cm³/mol. The fourth-order valence-corrected chi connectivity index (χ4v) is 3.08. The lowest BCUT2D eigenvalue weighted by atomic mass is 9.81. The molecule has 0 bridgehead atoms. The van der Waals surface area contributed by atoms with E-state index in [1.54, 1.807) is 12.1 Å². The summed E-state index contributed by atoms with van der Waals surface area (Å²) in [6.07, 6.45) is 3.31. The van der Waals surface area contributed by atoms with Crippen LogP contribution in [-0.4, -0.2) is 25.5 Å². The van der Waals surface area contributed by atoms with Gasteiger partial charge in [-0.1, -0.05) is 36.2 Å². The fourth-order valence-electron chi connectivity index (χ4n) is 2.58. The first-order chi connectivity index (χ1) is 9.98. The van der Waals surface area contributed by atoms with E-state index in [1.165, 1.54) is 0 Å². The third kappa shape index (κ3) is 5.96. The minimum atomic E-state index is 0. The lowest BCUT2D eigenvalue weighted by molar-refractivity contribution is -0.121. The number of carbonyl (C=O) groups excluding carboxylic acids is 1. The van der Waals surface area contributed by atoms with E-state index in [4.69, 9.17) is 23.2 Å². The van der Waals surface area contributed by atoms with E-state index in [2.05, 4.69) is 17.6 Å². The molecule has 0 unspecified atom stereocenters. The number of aryl methyl sites for hydroxylation is 1. The number of halogens is 3. The maximum atomic E-state index is 12.0.